The van der Waals surface area contributed by atoms with Gasteiger partial charge in [-0.1, -0.05) is 31.2 Å². The van der Waals surface area contributed by atoms with Crippen LogP contribution in [0.15, 0.2) is 53.4 Å². The molecule has 2 heterocycles. The Kier molecular flexibility index (Phi) is 7.35. The standard InChI is InChI=1S/C25H29N3O4S2/c1-4-18-5-7-19(8-6-18)25-26-17(2)23(33-25)24(29)27-20-13-15-28(16-14-20)34(30,31)22-11-9-21(32-3)10-12-22/h5-12,20H,4,13-16H2,1-3H3,(H,27,29). The number of aryl methyl sites for hydroxylation is 2. The second-order valence-electron chi connectivity index (χ2n) is 8.31. The molecule has 1 aliphatic heterocycles. The number of aromatic nitrogens is 1. The zero-order chi connectivity index (χ0) is 24.3. The monoisotopic (exact) mass is 499 g/mol. The molecule has 9 heteroatoms. The minimum atomic E-state index is -3.57. The van der Waals surface area contributed by atoms with E-state index in [1.54, 1.807) is 31.4 Å². The summed E-state index contributed by atoms with van der Waals surface area (Å²) in [5.41, 5.74) is 2.97. The highest BCUT2D eigenvalue weighted by atomic mass is 32.2. The summed E-state index contributed by atoms with van der Waals surface area (Å²) in [5.74, 6) is 0.461. The smallest absolute Gasteiger partial charge is 0.263 e. The van der Waals surface area contributed by atoms with Crippen LogP contribution in [0.3, 0.4) is 0 Å². The van der Waals surface area contributed by atoms with Gasteiger partial charge in [-0.05, 0) is 56.0 Å². The maximum Gasteiger partial charge on any atom is 0.263 e. The Morgan fingerprint density at radius 3 is 2.35 bits per heavy atom. The van der Waals surface area contributed by atoms with Crippen LogP contribution < -0.4 is 10.1 Å². The molecule has 0 atom stereocenters. The van der Waals surface area contributed by atoms with E-state index in [4.69, 9.17) is 4.74 Å². The average molecular weight is 500 g/mol. The first-order valence-electron chi connectivity index (χ1n) is 11.3. The highest BCUT2D eigenvalue weighted by Gasteiger charge is 2.30. The Balaban J connectivity index is 1.37. The number of methoxy groups -OCH3 is 1. The minimum Gasteiger partial charge on any atom is -0.497 e. The zero-order valence-electron chi connectivity index (χ0n) is 19.6. The highest BCUT2D eigenvalue weighted by molar-refractivity contribution is 7.89. The number of nitrogens with one attached hydrogen (secondary N) is 1. The van der Waals surface area contributed by atoms with Crippen molar-refractivity contribution in [3.05, 3.63) is 64.7 Å². The van der Waals surface area contributed by atoms with E-state index >= 15 is 0 Å². The lowest BCUT2D eigenvalue weighted by Crippen LogP contribution is -2.46. The van der Waals surface area contributed by atoms with E-state index in [-0.39, 0.29) is 16.8 Å². The predicted octanol–water partition coefficient (Wildman–Crippen LogP) is 4.27. The van der Waals surface area contributed by atoms with Gasteiger partial charge in [0.2, 0.25) is 10.0 Å². The SMILES string of the molecule is CCc1ccc(-c2nc(C)c(C(=O)NC3CCN(S(=O)(=O)c4ccc(OC)cc4)CC3)s2)cc1. The molecule has 34 heavy (non-hydrogen) atoms. The number of hydrogen-bond acceptors (Lipinski definition) is 6. The van der Waals surface area contributed by atoms with Crippen LogP contribution in [0.4, 0.5) is 0 Å². The van der Waals surface area contributed by atoms with Gasteiger partial charge in [0, 0.05) is 24.7 Å². The van der Waals surface area contributed by atoms with Crippen molar-refractivity contribution in [3.63, 3.8) is 0 Å². The summed E-state index contributed by atoms with van der Waals surface area (Å²) in [7, 11) is -2.03. The molecule has 3 aromatic rings. The van der Waals surface area contributed by atoms with Crippen molar-refractivity contribution in [2.24, 2.45) is 0 Å². The lowest BCUT2D eigenvalue weighted by Gasteiger charge is -2.31. The maximum atomic E-state index is 13.0. The van der Waals surface area contributed by atoms with Gasteiger partial charge in [-0.2, -0.15) is 4.31 Å². The van der Waals surface area contributed by atoms with Crippen LogP contribution in [0, 0.1) is 6.92 Å². The Labute approximate surface area is 204 Å². The summed E-state index contributed by atoms with van der Waals surface area (Å²) in [4.78, 5) is 18.4. The van der Waals surface area contributed by atoms with Crippen LogP contribution in [0.1, 0.15) is 40.7 Å². The molecule has 0 bridgehead atoms. The lowest BCUT2D eigenvalue weighted by molar-refractivity contribution is 0.0927. The number of piperidine rings is 1. The number of carbonyl (C=O) groups is 1. The van der Waals surface area contributed by atoms with Crippen molar-refractivity contribution in [1.82, 2.24) is 14.6 Å². The molecule has 0 radical (unpaired) electrons. The summed E-state index contributed by atoms with van der Waals surface area (Å²) in [6.07, 6.45) is 2.10. The molecule has 1 aliphatic rings. The fourth-order valence-corrected chi connectivity index (χ4v) is 6.45. The molecule has 7 nitrogen and oxygen atoms in total. The van der Waals surface area contributed by atoms with E-state index in [1.165, 1.54) is 21.2 Å². The largest absolute Gasteiger partial charge is 0.497 e. The van der Waals surface area contributed by atoms with E-state index in [0.29, 0.717) is 42.3 Å². The molecule has 0 unspecified atom stereocenters. The maximum absolute atomic E-state index is 13.0. The van der Waals surface area contributed by atoms with E-state index < -0.39 is 10.0 Å². The molecule has 1 amide bonds. The number of sulfonamides is 1. The van der Waals surface area contributed by atoms with Crippen molar-refractivity contribution in [2.45, 2.75) is 44.0 Å². The third-order valence-electron chi connectivity index (χ3n) is 6.10. The Hall–Kier alpha value is -2.75. The Morgan fingerprint density at radius 1 is 1.12 bits per heavy atom. The lowest BCUT2D eigenvalue weighted by atomic mass is 10.1. The second kappa shape index (κ2) is 10.2. The highest BCUT2D eigenvalue weighted by Crippen LogP contribution is 2.29. The van der Waals surface area contributed by atoms with Gasteiger partial charge in [0.15, 0.2) is 0 Å². The van der Waals surface area contributed by atoms with Crippen molar-refractivity contribution >= 4 is 27.3 Å². The Morgan fingerprint density at radius 2 is 1.76 bits per heavy atom. The summed E-state index contributed by atoms with van der Waals surface area (Å²) in [5, 5.41) is 3.90. The van der Waals surface area contributed by atoms with Crippen LogP contribution in [0.5, 0.6) is 5.75 Å². The number of amides is 1. The third kappa shape index (κ3) is 5.16. The van der Waals surface area contributed by atoms with Crippen LogP contribution in [0.25, 0.3) is 10.6 Å². The van der Waals surface area contributed by atoms with E-state index in [1.807, 2.05) is 19.1 Å². The number of ether oxygens (including phenoxy) is 1. The van der Waals surface area contributed by atoms with Crippen molar-refractivity contribution in [2.75, 3.05) is 20.2 Å². The van der Waals surface area contributed by atoms with Crippen LogP contribution in [0.2, 0.25) is 0 Å². The summed E-state index contributed by atoms with van der Waals surface area (Å²) >= 11 is 1.39. The quantitative estimate of drug-likeness (QED) is 0.524. The van der Waals surface area contributed by atoms with Crippen LogP contribution in [-0.2, 0) is 16.4 Å². The minimum absolute atomic E-state index is 0.0800. The van der Waals surface area contributed by atoms with Gasteiger partial charge >= 0.3 is 0 Å². The van der Waals surface area contributed by atoms with Crippen LogP contribution >= 0.6 is 11.3 Å². The van der Waals surface area contributed by atoms with E-state index in [9.17, 15) is 13.2 Å². The molecule has 1 N–H and O–H groups in total. The molecule has 0 spiro atoms. The zero-order valence-corrected chi connectivity index (χ0v) is 21.2. The molecule has 0 saturated carbocycles. The molecule has 0 aliphatic carbocycles. The number of nitrogens with zero attached hydrogens (tertiary/aromatic N) is 2. The summed E-state index contributed by atoms with van der Waals surface area (Å²) < 4.78 is 32.5. The fourth-order valence-electron chi connectivity index (χ4n) is 4.00. The van der Waals surface area contributed by atoms with Crippen molar-refractivity contribution in [3.8, 4) is 16.3 Å². The molecule has 180 valence electrons. The van der Waals surface area contributed by atoms with Crippen LogP contribution in [-0.4, -0.2) is 49.9 Å². The normalized spacial score (nSPS) is 15.3. The average Bonchev–Trinajstić information content (AvgIpc) is 3.26. The molecule has 1 aromatic heterocycles. The van der Waals surface area contributed by atoms with Gasteiger partial charge in [-0.15, -0.1) is 11.3 Å². The molecule has 4 rings (SSSR count). The number of carbonyl (C=O) groups excluding carboxylic acids is 1. The molecule has 1 saturated heterocycles. The number of rotatable bonds is 7. The predicted molar refractivity (Wildman–Crippen MR) is 134 cm³/mol. The van der Waals surface area contributed by atoms with Gasteiger partial charge in [-0.3, -0.25) is 4.79 Å². The molecule has 1 fully saturated rings. The van der Waals surface area contributed by atoms with Crippen molar-refractivity contribution < 1.29 is 17.9 Å². The van der Waals surface area contributed by atoms with Gasteiger partial charge in [0.1, 0.15) is 15.6 Å². The second-order valence-corrected chi connectivity index (χ2v) is 11.2. The van der Waals surface area contributed by atoms with Gasteiger partial charge in [0.05, 0.1) is 17.7 Å². The fraction of sp³-hybridized carbons (Fsp3) is 0.360. The number of hydrogen-bond donors (Lipinski definition) is 1. The first-order valence-corrected chi connectivity index (χ1v) is 13.6. The van der Waals surface area contributed by atoms with Gasteiger partial charge < -0.3 is 10.1 Å². The van der Waals surface area contributed by atoms with Gasteiger partial charge in [0.25, 0.3) is 5.91 Å². The summed E-state index contributed by atoms with van der Waals surface area (Å²) in [6.45, 7) is 4.68. The molecular weight excluding hydrogens is 470 g/mol. The van der Waals surface area contributed by atoms with Gasteiger partial charge in [-0.25, -0.2) is 13.4 Å². The van der Waals surface area contributed by atoms with E-state index in [0.717, 1.165) is 17.0 Å². The molecular formula is C25H29N3O4S2. The third-order valence-corrected chi connectivity index (χ3v) is 9.22. The molecule has 2 aromatic carbocycles. The number of thiazole rings is 1. The first kappa shape index (κ1) is 24.4. The Bertz CT molecular complexity index is 1240. The van der Waals surface area contributed by atoms with Crippen molar-refractivity contribution in [1.29, 1.82) is 0 Å². The number of benzene rings is 2. The van der Waals surface area contributed by atoms with E-state index in [2.05, 4.69) is 29.4 Å². The topological polar surface area (TPSA) is 88.6 Å². The first-order chi connectivity index (χ1) is 16.3. The summed E-state index contributed by atoms with van der Waals surface area (Å²) in [6, 6.07) is 14.6.